The summed E-state index contributed by atoms with van der Waals surface area (Å²) in [6.45, 7) is 3.83. The molecule has 12 nitrogen and oxygen atoms in total. The minimum absolute atomic E-state index is 0.0174. The fraction of sp³-hybridized carbons (Fsp3) is 0.438. The van der Waals surface area contributed by atoms with E-state index in [1.807, 2.05) is 15.9 Å². The molecular weight excluding hydrogens is 562 g/mol. The first-order chi connectivity index (χ1) is 21.4. The van der Waals surface area contributed by atoms with Crippen LogP contribution in [0.2, 0.25) is 0 Å². The summed E-state index contributed by atoms with van der Waals surface area (Å²) in [5.74, 6) is 0.663. The van der Waals surface area contributed by atoms with E-state index in [1.54, 1.807) is 30.5 Å². The number of oxazole rings is 1. The van der Waals surface area contributed by atoms with Crippen LogP contribution in [0.1, 0.15) is 88.0 Å². The molecule has 2 aliphatic heterocycles. The SMILES string of the molecule is NC(=O)c1cccnc1N1CCN(c2ccc(C(=O)CCCCN3CCCC3=O)cc2NC(=O)c2coc(C3CC3)n2)CC1. The molecule has 44 heavy (non-hydrogen) atoms. The highest BCUT2D eigenvalue weighted by Crippen LogP contribution is 2.39. The smallest absolute Gasteiger partial charge is 0.277 e. The van der Waals surface area contributed by atoms with Crippen molar-refractivity contribution in [1.29, 1.82) is 0 Å². The molecule has 3 aliphatic rings. The van der Waals surface area contributed by atoms with Gasteiger partial charge in [0, 0.05) is 69.8 Å². The standard InChI is InChI=1S/C32H37N7O5/c33-29(42)23-5-3-12-34-30(23)39-17-15-37(16-18-39)26-11-10-22(27(40)6-1-2-13-38-14-4-7-28(38)41)19-24(26)35-31(43)25-20-44-32(36-25)21-8-9-21/h3,5,10-12,19-21H,1-2,4,6-9,13-18H2,(H2,33,42)(H,35,43). The summed E-state index contributed by atoms with van der Waals surface area (Å²) in [5, 5.41) is 2.98. The van der Waals surface area contributed by atoms with Gasteiger partial charge in [-0.3, -0.25) is 19.2 Å². The average Bonchev–Trinajstić information content (AvgIpc) is 3.62. The van der Waals surface area contributed by atoms with Gasteiger partial charge in [0.1, 0.15) is 12.1 Å². The highest BCUT2D eigenvalue weighted by Gasteiger charge is 2.30. The van der Waals surface area contributed by atoms with E-state index < -0.39 is 11.8 Å². The Bertz CT molecular complexity index is 1560. The Morgan fingerprint density at radius 1 is 1.02 bits per heavy atom. The highest BCUT2D eigenvalue weighted by atomic mass is 16.3. The summed E-state index contributed by atoms with van der Waals surface area (Å²) in [6.07, 6.45) is 8.36. The summed E-state index contributed by atoms with van der Waals surface area (Å²) in [7, 11) is 0. The number of nitrogens with zero attached hydrogens (tertiary/aromatic N) is 5. The highest BCUT2D eigenvalue weighted by molar-refractivity contribution is 6.06. The van der Waals surface area contributed by atoms with Gasteiger partial charge in [0.15, 0.2) is 17.4 Å². The number of nitrogens with two attached hydrogens (primary N) is 1. The summed E-state index contributed by atoms with van der Waals surface area (Å²) in [6, 6.07) is 8.77. The lowest BCUT2D eigenvalue weighted by Crippen LogP contribution is -2.47. The van der Waals surface area contributed by atoms with Gasteiger partial charge >= 0.3 is 0 Å². The maximum absolute atomic E-state index is 13.3. The molecule has 12 heteroatoms. The number of primary amides is 1. The number of benzene rings is 1. The fourth-order valence-electron chi connectivity index (χ4n) is 5.85. The third-order valence-electron chi connectivity index (χ3n) is 8.47. The second kappa shape index (κ2) is 12.9. The number of carbonyl (C=O) groups excluding carboxylic acids is 4. The van der Waals surface area contributed by atoms with Crippen LogP contribution in [-0.4, -0.2) is 77.6 Å². The van der Waals surface area contributed by atoms with Crippen molar-refractivity contribution in [1.82, 2.24) is 14.9 Å². The predicted molar refractivity (Wildman–Crippen MR) is 164 cm³/mol. The number of hydrogen-bond donors (Lipinski definition) is 2. The number of anilines is 3. The molecule has 3 aromatic rings. The number of piperazine rings is 1. The van der Waals surface area contributed by atoms with Gasteiger partial charge in [0.2, 0.25) is 5.91 Å². The number of pyridine rings is 1. The number of hydrogen-bond acceptors (Lipinski definition) is 9. The lowest BCUT2D eigenvalue weighted by molar-refractivity contribution is -0.127. The maximum Gasteiger partial charge on any atom is 0.277 e. The van der Waals surface area contributed by atoms with Crippen molar-refractivity contribution in [2.24, 2.45) is 5.73 Å². The molecule has 6 rings (SSSR count). The summed E-state index contributed by atoms with van der Waals surface area (Å²) in [4.78, 5) is 65.1. The first kappa shape index (κ1) is 29.3. The molecule has 1 aliphatic carbocycles. The predicted octanol–water partition coefficient (Wildman–Crippen LogP) is 3.60. The van der Waals surface area contributed by atoms with Crippen molar-refractivity contribution in [2.75, 3.05) is 54.4 Å². The Labute approximate surface area is 255 Å². The van der Waals surface area contributed by atoms with Crippen LogP contribution in [0.25, 0.3) is 0 Å². The Kier molecular flexibility index (Phi) is 8.58. The van der Waals surface area contributed by atoms with Crippen molar-refractivity contribution in [3.63, 3.8) is 0 Å². The minimum atomic E-state index is -0.525. The number of Topliss-reactive ketones (excluding diaryl/α,β-unsaturated/α-hetero) is 1. The van der Waals surface area contributed by atoms with Crippen molar-refractivity contribution >= 4 is 40.7 Å². The van der Waals surface area contributed by atoms with E-state index in [1.165, 1.54) is 6.26 Å². The molecule has 1 aromatic carbocycles. The lowest BCUT2D eigenvalue weighted by atomic mass is 10.0. The van der Waals surface area contributed by atoms with Gasteiger partial charge in [-0.25, -0.2) is 9.97 Å². The van der Waals surface area contributed by atoms with Crippen LogP contribution < -0.4 is 20.9 Å². The number of nitrogens with one attached hydrogen (secondary N) is 1. The molecule has 230 valence electrons. The molecular formula is C32H37N7O5. The van der Waals surface area contributed by atoms with Crippen LogP contribution in [0.4, 0.5) is 17.2 Å². The van der Waals surface area contributed by atoms with Crippen molar-refractivity contribution < 1.29 is 23.6 Å². The van der Waals surface area contributed by atoms with Gasteiger partial charge in [-0.05, 0) is 62.4 Å². The topological polar surface area (TPSA) is 155 Å². The van der Waals surface area contributed by atoms with E-state index in [4.69, 9.17) is 10.2 Å². The monoisotopic (exact) mass is 599 g/mol. The summed E-state index contributed by atoms with van der Waals surface area (Å²) in [5.41, 5.74) is 7.96. The molecule has 3 N–H and O–H groups in total. The number of carbonyl (C=O) groups is 4. The number of likely N-dealkylation sites (tertiary alicyclic amines) is 1. The van der Waals surface area contributed by atoms with E-state index in [0.717, 1.165) is 37.9 Å². The number of aromatic nitrogens is 2. The van der Waals surface area contributed by atoms with Crippen molar-refractivity contribution in [3.8, 4) is 0 Å². The van der Waals surface area contributed by atoms with Gasteiger partial charge in [-0.1, -0.05) is 0 Å². The molecule has 3 fully saturated rings. The molecule has 0 atom stereocenters. The molecule has 2 saturated heterocycles. The van der Waals surface area contributed by atoms with Gasteiger partial charge in [-0.15, -0.1) is 0 Å². The van der Waals surface area contributed by atoms with Crippen LogP contribution >= 0.6 is 0 Å². The molecule has 4 heterocycles. The molecule has 3 amide bonds. The quantitative estimate of drug-likeness (QED) is 0.235. The minimum Gasteiger partial charge on any atom is -0.448 e. The van der Waals surface area contributed by atoms with E-state index >= 15 is 0 Å². The Morgan fingerprint density at radius 3 is 2.55 bits per heavy atom. The zero-order valence-corrected chi connectivity index (χ0v) is 24.7. The molecule has 0 unspecified atom stereocenters. The first-order valence-corrected chi connectivity index (χ1v) is 15.3. The van der Waals surface area contributed by atoms with Crippen LogP contribution in [0.3, 0.4) is 0 Å². The zero-order valence-electron chi connectivity index (χ0n) is 24.7. The number of ketones is 1. The Balaban J connectivity index is 1.16. The van der Waals surface area contributed by atoms with Gasteiger partial charge in [-0.2, -0.15) is 0 Å². The van der Waals surface area contributed by atoms with Crippen LogP contribution in [-0.2, 0) is 4.79 Å². The van der Waals surface area contributed by atoms with E-state index in [-0.39, 0.29) is 23.3 Å². The Hall–Kier alpha value is -4.74. The number of amides is 3. The average molecular weight is 600 g/mol. The maximum atomic E-state index is 13.3. The zero-order chi connectivity index (χ0) is 30.6. The number of rotatable bonds is 12. The van der Waals surface area contributed by atoms with E-state index in [0.29, 0.717) is 80.5 Å². The third-order valence-corrected chi connectivity index (χ3v) is 8.47. The second-order valence-corrected chi connectivity index (χ2v) is 11.6. The fourth-order valence-corrected chi connectivity index (χ4v) is 5.85. The van der Waals surface area contributed by atoms with Gasteiger partial charge in [0.05, 0.1) is 16.9 Å². The number of unbranched alkanes of at least 4 members (excludes halogenated alkanes) is 1. The summed E-state index contributed by atoms with van der Waals surface area (Å²) < 4.78 is 5.53. The van der Waals surface area contributed by atoms with Crippen LogP contribution in [0.5, 0.6) is 0 Å². The van der Waals surface area contributed by atoms with Crippen LogP contribution in [0.15, 0.2) is 47.2 Å². The van der Waals surface area contributed by atoms with Crippen LogP contribution in [0, 0.1) is 0 Å². The molecule has 1 saturated carbocycles. The molecule has 0 radical (unpaired) electrons. The third kappa shape index (κ3) is 6.58. The summed E-state index contributed by atoms with van der Waals surface area (Å²) >= 11 is 0. The lowest BCUT2D eigenvalue weighted by Gasteiger charge is -2.38. The van der Waals surface area contributed by atoms with Crippen molar-refractivity contribution in [2.45, 2.75) is 50.9 Å². The van der Waals surface area contributed by atoms with E-state index in [2.05, 4.69) is 20.2 Å². The van der Waals surface area contributed by atoms with Crippen molar-refractivity contribution in [3.05, 3.63) is 65.5 Å². The molecule has 0 spiro atoms. The normalized spacial score (nSPS) is 16.8. The second-order valence-electron chi connectivity index (χ2n) is 11.6. The largest absolute Gasteiger partial charge is 0.448 e. The molecule has 0 bridgehead atoms. The molecule has 2 aromatic heterocycles. The van der Waals surface area contributed by atoms with Gasteiger partial charge in [0.25, 0.3) is 11.8 Å². The van der Waals surface area contributed by atoms with Gasteiger partial charge < -0.3 is 30.2 Å². The Morgan fingerprint density at radius 2 is 1.82 bits per heavy atom. The van der Waals surface area contributed by atoms with E-state index in [9.17, 15) is 19.2 Å². The first-order valence-electron chi connectivity index (χ1n) is 15.3.